The van der Waals surface area contributed by atoms with Gasteiger partial charge in [0.2, 0.25) is 0 Å². The molecule has 100 valence electrons. The number of likely N-dealkylation sites (tertiary alicyclic amines) is 1. The van der Waals surface area contributed by atoms with E-state index >= 15 is 0 Å². The van der Waals surface area contributed by atoms with Gasteiger partial charge in [0.1, 0.15) is 0 Å². The average Bonchev–Trinajstić information content (AvgIpc) is 2.33. The molecule has 2 aliphatic heterocycles. The first-order valence-electron chi connectivity index (χ1n) is 7.45. The van der Waals surface area contributed by atoms with Crippen LogP contribution < -0.4 is 5.32 Å². The van der Waals surface area contributed by atoms with E-state index in [4.69, 9.17) is 0 Å². The summed E-state index contributed by atoms with van der Waals surface area (Å²) in [6.07, 6.45) is 6.86. The van der Waals surface area contributed by atoms with E-state index in [1.54, 1.807) is 0 Å². The molecule has 0 aromatic rings. The smallest absolute Gasteiger partial charge is 0.0220 e. The molecule has 2 saturated heterocycles. The zero-order chi connectivity index (χ0) is 12.1. The molecule has 3 nitrogen and oxygen atoms in total. The lowest BCUT2D eigenvalue weighted by Gasteiger charge is -2.40. The van der Waals surface area contributed by atoms with Crippen LogP contribution in [-0.4, -0.2) is 61.7 Å². The quantitative estimate of drug-likeness (QED) is 0.803. The van der Waals surface area contributed by atoms with Gasteiger partial charge in [-0.2, -0.15) is 0 Å². The van der Waals surface area contributed by atoms with Gasteiger partial charge in [-0.05, 0) is 32.9 Å². The molecule has 2 fully saturated rings. The summed E-state index contributed by atoms with van der Waals surface area (Å²) >= 11 is 0. The molecule has 2 rings (SSSR count). The predicted octanol–water partition coefficient (Wildman–Crippen LogP) is 1.54. The van der Waals surface area contributed by atoms with Crippen molar-refractivity contribution in [3.05, 3.63) is 0 Å². The number of rotatable bonds is 4. The maximum Gasteiger partial charge on any atom is 0.0220 e. The monoisotopic (exact) mass is 239 g/mol. The van der Waals surface area contributed by atoms with Crippen molar-refractivity contribution in [2.75, 3.05) is 39.8 Å². The van der Waals surface area contributed by atoms with Crippen molar-refractivity contribution in [3.8, 4) is 0 Å². The molecular formula is C14H29N3. The normalized spacial score (nSPS) is 32.8. The standard InChI is InChI=1S/C14H29N3/c1-3-6-13-11-17(10-8-15-13)12-14-7-4-5-9-16(14)2/h13-15H,3-12H2,1-2H3. The summed E-state index contributed by atoms with van der Waals surface area (Å²) in [5.41, 5.74) is 0. The van der Waals surface area contributed by atoms with Gasteiger partial charge >= 0.3 is 0 Å². The van der Waals surface area contributed by atoms with Gasteiger partial charge in [-0.1, -0.05) is 19.8 Å². The average molecular weight is 239 g/mol. The van der Waals surface area contributed by atoms with Gasteiger partial charge in [0.25, 0.3) is 0 Å². The molecule has 1 N–H and O–H groups in total. The Balaban J connectivity index is 1.77. The van der Waals surface area contributed by atoms with Crippen LogP contribution in [0.1, 0.15) is 39.0 Å². The highest BCUT2D eigenvalue weighted by Crippen LogP contribution is 2.17. The summed E-state index contributed by atoms with van der Waals surface area (Å²) in [7, 11) is 2.30. The molecule has 0 bridgehead atoms. The molecule has 0 amide bonds. The maximum absolute atomic E-state index is 3.64. The highest BCUT2D eigenvalue weighted by molar-refractivity contribution is 4.83. The lowest BCUT2D eigenvalue weighted by atomic mass is 10.0. The zero-order valence-electron chi connectivity index (χ0n) is 11.6. The van der Waals surface area contributed by atoms with Crippen LogP contribution in [-0.2, 0) is 0 Å². The minimum absolute atomic E-state index is 0.739. The van der Waals surface area contributed by atoms with Crippen molar-refractivity contribution in [2.45, 2.75) is 51.1 Å². The van der Waals surface area contributed by atoms with E-state index in [0.29, 0.717) is 0 Å². The highest BCUT2D eigenvalue weighted by atomic mass is 15.2. The maximum atomic E-state index is 3.64. The van der Waals surface area contributed by atoms with E-state index in [0.717, 1.165) is 12.1 Å². The summed E-state index contributed by atoms with van der Waals surface area (Å²) < 4.78 is 0. The van der Waals surface area contributed by atoms with E-state index in [2.05, 4.69) is 29.1 Å². The van der Waals surface area contributed by atoms with E-state index in [1.165, 1.54) is 64.8 Å². The molecule has 0 saturated carbocycles. The molecular weight excluding hydrogens is 210 g/mol. The van der Waals surface area contributed by atoms with Gasteiger partial charge in [0.15, 0.2) is 0 Å². The molecule has 2 unspecified atom stereocenters. The summed E-state index contributed by atoms with van der Waals surface area (Å²) in [6, 6.07) is 1.55. The SMILES string of the molecule is CCCC1CN(CC2CCCCN2C)CCN1. The second-order valence-corrected chi connectivity index (χ2v) is 5.83. The summed E-state index contributed by atoms with van der Waals surface area (Å²) in [5.74, 6) is 0. The van der Waals surface area contributed by atoms with Crippen LogP contribution >= 0.6 is 0 Å². The molecule has 0 aliphatic carbocycles. The molecule has 0 spiro atoms. The van der Waals surface area contributed by atoms with Crippen LogP contribution in [0.5, 0.6) is 0 Å². The molecule has 2 atom stereocenters. The van der Waals surface area contributed by atoms with Gasteiger partial charge < -0.3 is 10.2 Å². The summed E-state index contributed by atoms with van der Waals surface area (Å²) in [6.45, 7) is 8.56. The second kappa shape index (κ2) is 6.72. The predicted molar refractivity (Wildman–Crippen MR) is 73.4 cm³/mol. The van der Waals surface area contributed by atoms with Crippen molar-refractivity contribution in [1.29, 1.82) is 0 Å². The third kappa shape index (κ3) is 3.94. The first kappa shape index (κ1) is 13.3. The Labute approximate surface area is 107 Å². The van der Waals surface area contributed by atoms with Crippen molar-refractivity contribution in [3.63, 3.8) is 0 Å². The molecule has 17 heavy (non-hydrogen) atoms. The van der Waals surface area contributed by atoms with Crippen LogP contribution in [0.15, 0.2) is 0 Å². The minimum Gasteiger partial charge on any atom is -0.311 e. The van der Waals surface area contributed by atoms with Crippen molar-refractivity contribution < 1.29 is 0 Å². The number of likely N-dealkylation sites (N-methyl/N-ethyl adjacent to an activating group) is 1. The summed E-state index contributed by atoms with van der Waals surface area (Å²) in [4.78, 5) is 5.25. The molecule has 2 heterocycles. The lowest BCUT2D eigenvalue weighted by Crippen LogP contribution is -2.54. The van der Waals surface area contributed by atoms with Gasteiger partial charge in [-0.15, -0.1) is 0 Å². The number of hydrogen-bond donors (Lipinski definition) is 1. The van der Waals surface area contributed by atoms with Crippen LogP contribution in [0.4, 0.5) is 0 Å². The van der Waals surface area contributed by atoms with Crippen LogP contribution in [0.2, 0.25) is 0 Å². The van der Waals surface area contributed by atoms with E-state index < -0.39 is 0 Å². The first-order chi connectivity index (χ1) is 8.29. The van der Waals surface area contributed by atoms with E-state index in [-0.39, 0.29) is 0 Å². The lowest BCUT2D eigenvalue weighted by molar-refractivity contribution is 0.107. The van der Waals surface area contributed by atoms with Gasteiger partial charge in [-0.25, -0.2) is 0 Å². The zero-order valence-corrected chi connectivity index (χ0v) is 11.6. The van der Waals surface area contributed by atoms with Crippen molar-refractivity contribution in [2.24, 2.45) is 0 Å². The fourth-order valence-electron chi connectivity index (χ4n) is 3.27. The molecule has 0 radical (unpaired) electrons. The number of nitrogens with zero attached hydrogens (tertiary/aromatic N) is 2. The third-order valence-corrected chi connectivity index (χ3v) is 4.37. The fraction of sp³-hybridized carbons (Fsp3) is 1.00. The Morgan fingerprint density at radius 2 is 2.12 bits per heavy atom. The van der Waals surface area contributed by atoms with E-state index in [9.17, 15) is 0 Å². The Bertz CT molecular complexity index is 218. The summed E-state index contributed by atoms with van der Waals surface area (Å²) in [5, 5.41) is 3.64. The Kier molecular flexibility index (Phi) is 5.26. The minimum atomic E-state index is 0.739. The largest absolute Gasteiger partial charge is 0.311 e. The molecule has 0 aromatic carbocycles. The Morgan fingerprint density at radius 3 is 2.88 bits per heavy atom. The number of nitrogens with one attached hydrogen (secondary N) is 1. The third-order valence-electron chi connectivity index (χ3n) is 4.37. The second-order valence-electron chi connectivity index (χ2n) is 5.83. The molecule has 0 aromatic heterocycles. The first-order valence-corrected chi connectivity index (χ1v) is 7.45. The Morgan fingerprint density at radius 1 is 1.24 bits per heavy atom. The number of piperazine rings is 1. The number of hydrogen-bond acceptors (Lipinski definition) is 3. The fourth-order valence-corrected chi connectivity index (χ4v) is 3.27. The molecule has 2 aliphatic rings. The highest BCUT2D eigenvalue weighted by Gasteiger charge is 2.24. The van der Waals surface area contributed by atoms with Gasteiger partial charge in [-0.3, -0.25) is 4.90 Å². The van der Waals surface area contributed by atoms with Crippen LogP contribution in [0.3, 0.4) is 0 Å². The van der Waals surface area contributed by atoms with Crippen molar-refractivity contribution in [1.82, 2.24) is 15.1 Å². The topological polar surface area (TPSA) is 18.5 Å². The van der Waals surface area contributed by atoms with E-state index in [1.807, 2.05) is 0 Å². The van der Waals surface area contributed by atoms with Gasteiger partial charge in [0.05, 0.1) is 0 Å². The molecule has 3 heteroatoms. The number of piperidine rings is 1. The van der Waals surface area contributed by atoms with Crippen LogP contribution in [0.25, 0.3) is 0 Å². The van der Waals surface area contributed by atoms with Gasteiger partial charge in [0, 0.05) is 38.3 Å². The van der Waals surface area contributed by atoms with Crippen LogP contribution in [0, 0.1) is 0 Å². The Hall–Kier alpha value is -0.120. The van der Waals surface area contributed by atoms with Crippen molar-refractivity contribution >= 4 is 0 Å².